The fourth-order valence-corrected chi connectivity index (χ4v) is 2.67. The van der Waals surface area contributed by atoms with E-state index in [0.717, 1.165) is 7.11 Å². The number of rotatable bonds is 0. The molecule has 0 bridgehead atoms. The summed E-state index contributed by atoms with van der Waals surface area (Å²) in [7, 11) is 1.00. The Bertz CT molecular complexity index is 678. The molecule has 0 unspecified atom stereocenters. The van der Waals surface area contributed by atoms with Gasteiger partial charge in [-0.05, 0) is 32.3 Å². The predicted molar refractivity (Wildman–Crippen MR) is 89.6 cm³/mol. The molecule has 0 spiro atoms. The summed E-state index contributed by atoms with van der Waals surface area (Å²) in [4.78, 5) is 0. The maximum absolute atomic E-state index is 7.00. The molecule has 4 rings (SSSR count). The van der Waals surface area contributed by atoms with Crippen molar-refractivity contribution in [1.29, 1.82) is 0 Å². The Morgan fingerprint density at radius 3 is 1.00 bits per heavy atom. The molecule has 0 aliphatic heterocycles. The summed E-state index contributed by atoms with van der Waals surface area (Å²) >= 11 is 0. The summed E-state index contributed by atoms with van der Waals surface area (Å²) in [5, 5.41) is 15.1. The average Bonchev–Trinajstić information content (AvgIpc) is 2.57. The third-order valence-electron chi connectivity index (χ3n) is 3.39. The second kappa shape index (κ2) is 8.43. The maximum atomic E-state index is 7.00. The van der Waals surface area contributed by atoms with Gasteiger partial charge >= 0.3 is 0 Å². The fourth-order valence-electron chi connectivity index (χ4n) is 2.67. The van der Waals surface area contributed by atoms with E-state index in [1.54, 1.807) is 0 Å². The Labute approximate surface area is 151 Å². The second-order valence-electron chi connectivity index (χ2n) is 4.29. The molecule has 0 fully saturated rings. The summed E-state index contributed by atoms with van der Waals surface area (Å²) in [5.74, 6) is 0. The van der Waals surface area contributed by atoms with Crippen LogP contribution in [0.3, 0.4) is 0 Å². The standard InChI is InChI=1S/C16H10.C2H6.CH4O.Y/c1-3-11-7-9-13-5-2-6-14-10-8-12(4-1)15(11)16(13)14;2*1-2;/h1-10H;1-2H3;2H,1H3;. The Hall–Kier alpha value is -1.02. The van der Waals surface area contributed by atoms with Crippen LogP contribution in [0.5, 0.6) is 0 Å². The van der Waals surface area contributed by atoms with Gasteiger partial charge in [-0.3, -0.25) is 0 Å². The normalized spacial score (nSPS) is 9.52. The van der Waals surface area contributed by atoms with Crippen LogP contribution in [0.1, 0.15) is 13.8 Å². The van der Waals surface area contributed by atoms with Crippen LogP contribution < -0.4 is 0 Å². The van der Waals surface area contributed by atoms with E-state index >= 15 is 0 Å². The second-order valence-corrected chi connectivity index (χ2v) is 4.29. The van der Waals surface area contributed by atoms with Crippen LogP contribution in [0.2, 0.25) is 0 Å². The molecule has 0 aromatic heterocycles. The van der Waals surface area contributed by atoms with Crippen molar-refractivity contribution in [1.82, 2.24) is 0 Å². The van der Waals surface area contributed by atoms with Crippen LogP contribution in [-0.2, 0) is 32.7 Å². The molecule has 0 amide bonds. The largest absolute Gasteiger partial charge is 0.400 e. The van der Waals surface area contributed by atoms with Gasteiger partial charge in [0, 0.05) is 39.8 Å². The molecular formula is C19H20OY. The quantitative estimate of drug-likeness (QED) is 0.430. The summed E-state index contributed by atoms with van der Waals surface area (Å²) in [5.41, 5.74) is 0. The van der Waals surface area contributed by atoms with Gasteiger partial charge in [0.15, 0.2) is 0 Å². The van der Waals surface area contributed by atoms with Crippen LogP contribution in [0.25, 0.3) is 32.3 Å². The van der Waals surface area contributed by atoms with Gasteiger partial charge in [0.2, 0.25) is 0 Å². The van der Waals surface area contributed by atoms with E-state index in [-0.39, 0.29) is 32.7 Å². The number of benzene rings is 4. The minimum atomic E-state index is 0. The Morgan fingerprint density at radius 1 is 0.524 bits per heavy atom. The van der Waals surface area contributed by atoms with Crippen LogP contribution in [-0.4, -0.2) is 12.2 Å². The third-order valence-corrected chi connectivity index (χ3v) is 3.39. The first kappa shape index (κ1) is 18.0. The average molecular weight is 353 g/mol. The van der Waals surface area contributed by atoms with Crippen molar-refractivity contribution in [2.45, 2.75) is 13.8 Å². The van der Waals surface area contributed by atoms with Crippen LogP contribution >= 0.6 is 0 Å². The molecule has 4 aromatic carbocycles. The topological polar surface area (TPSA) is 20.2 Å². The molecule has 0 aliphatic carbocycles. The van der Waals surface area contributed by atoms with Crippen LogP contribution in [0, 0.1) is 0 Å². The summed E-state index contributed by atoms with van der Waals surface area (Å²) < 4.78 is 0. The van der Waals surface area contributed by atoms with Gasteiger partial charge in [0.25, 0.3) is 0 Å². The van der Waals surface area contributed by atoms with Gasteiger partial charge in [-0.2, -0.15) is 0 Å². The molecule has 1 radical (unpaired) electrons. The van der Waals surface area contributed by atoms with Crippen LogP contribution in [0.15, 0.2) is 60.7 Å². The number of hydrogen-bond donors (Lipinski definition) is 1. The first-order chi connectivity index (χ1) is 9.93. The first-order valence-electron chi connectivity index (χ1n) is 7.01. The zero-order valence-electron chi connectivity index (χ0n) is 12.8. The third kappa shape index (κ3) is 3.26. The summed E-state index contributed by atoms with van der Waals surface area (Å²) in [6.07, 6.45) is 0. The molecule has 105 valence electrons. The minimum Gasteiger partial charge on any atom is -0.400 e. The number of aliphatic hydroxyl groups is 1. The summed E-state index contributed by atoms with van der Waals surface area (Å²) in [6, 6.07) is 21.9. The van der Waals surface area contributed by atoms with E-state index in [0.29, 0.717) is 0 Å². The molecule has 0 heterocycles. The molecule has 1 N–H and O–H groups in total. The van der Waals surface area contributed by atoms with Crippen molar-refractivity contribution < 1.29 is 37.8 Å². The molecule has 1 nitrogen and oxygen atoms in total. The SMILES string of the molecule is CC.CO.[Y].c1cc2ccc3cccc4ccc(c1)c2c34. The van der Waals surface area contributed by atoms with Gasteiger partial charge in [-0.15, -0.1) is 0 Å². The molecule has 21 heavy (non-hydrogen) atoms. The van der Waals surface area contributed by atoms with Crippen molar-refractivity contribution in [2.75, 3.05) is 7.11 Å². The zero-order chi connectivity index (χ0) is 14.5. The van der Waals surface area contributed by atoms with Crippen molar-refractivity contribution in [3.8, 4) is 0 Å². The van der Waals surface area contributed by atoms with E-state index in [1.165, 1.54) is 32.3 Å². The molecule has 0 atom stereocenters. The van der Waals surface area contributed by atoms with E-state index in [1.807, 2.05) is 13.8 Å². The smallest absolute Gasteiger partial charge is 0.0319 e. The van der Waals surface area contributed by atoms with Crippen molar-refractivity contribution in [3.63, 3.8) is 0 Å². The molecule has 2 heteroatoms. The van der Waals surface area contributed by atoms with Crippen molar-refractivity contribution in [3.05, 3.63) is 60.7 Å². The van der Waals surface area contributed by atoms with Crippen molar-refractivity contribution >= 4 is 32.3 Å². The number of hydrogen-bond acceptors (Lipinski definition) is 1. The minimum absolute atomic E-state index is 0. The predicted octanol–water partition coefficient (Wildman–Crippen LogP) is 5.22. The molecular weight excluding hydrogens is 333 g/mol. The monoisotopic (exact) mass is 353 g/mol. The van der Waals surface area contributed by atoms with Gasteiger partial charge in [0.1, 0.15) is 0 Å². The molecule has 0 aliphatic rings. The molecule has 0 saturated heterocycles. The number of aliphatic hydroxyl groups excluding tert-OH is 1. The Balaban J connectivity index is 0.000000410. The van der Waals surface area contributed by atoms with E-state index in [9.17, 15) is 0 Å². The van der Waals surface area contributed by atoms with Gasteiger partial charge in [-0.25, -0.2) is 0 Å². The summed E-state index contributed by atoms with van der Waals surface area (Å²) in [6.45, 7) is 4.00. The molecule has 0 saturated carbocycles. The maximum Gasteiger partial charge on any atom is 0.0319 e. The molecule has 4 aromatic rings. The van der Waals surface area contributed by atoms with Gasteiger partial charge in [0.05, 0.1) is 0 Å². The zero-order valence-corrected chi connectivity index (χ0v) is 15.6. The Kier molecular flexibility index (Phi) is 7.24. The van der Waals surface area contributed by atoms with Gasteiger partial charge < -0.3 is 5.11 Å². The van der Waals surface area contributed by atoms with Crippen molar-refractivity contribution in [2.24, 2.45) is 0 Å². The first-order valence-corrected chi connectivity index (χ1v) is 7.01. The van der Waals surface area contributed by atoms with E-state index in [4.69, 9.17) is 5.11 Å². The van der Waals surface area contributed by atoms with E-state index in [2.05, 4.69) is 60.7 Å². The van der Waals surface area contributed by atoms with E-state index < -0.39 is 0 Å². The van der Waals surface area contributed by atoms with Gasteiger partial charge in [-0.1, -0.05) is 74.5 Å². The fraction of sp³-hybridized carbons (Fsp3) is 0.158. The van der Waals surface area contributed by atoms with Crippen LogP contribution in [0.4, 0.5) is 0 Å². The Morgan fingerprint density at radius 2 is 0.762 bits per heavy atom.